The van der Waals surface area contributed by atoms with Gasteiger partial charge in [0.2, 0.25) is 6.79 Å². The van der Waals surface area contributed by atoms with Crippen molar-refractivity contribution < 1.29 is 33.3 Å². The Morgan fingerprint density at radius 2 is 1.59 bits per heavy atom. The van der Waals surface area contributed by atoms with Gasteiger partial charge < -0.3 is 28.3 Å². The van der Waals surface area contributed by atoms with Crippen molar-refractivity contribution in [1.82, 2.24) is 4.57 Å². The van der Waals surface area contributed by atoms with Crippen LogP contribution in [0, 0.1) is 0 Å². The number of esters is 2. The Labute approximate surface area is 256 Å². The summed E-state index contributed by atoms with van der Waals surface area (Å²) in [7, 11) is 0. The number of nitrogens with zero attached hydrogens (tertiary/aromatic N) is 1. The van der Waals surface area contributed by atoms with Gasteiger partial charge in [0.05, 0.1) is 30.9 Å². The monoisotopic (exact) mass is 599 g/mol. The summed E-state index contributed by atoms with van der Waals surface area (Å²) in [6, 6.07) is 16.2. The fourth-order valence-corrected chi connectivity index (χ4v) is 5.46. The maximum absolute atomic E-state index is 14.3. The number of aryl methyl sites for hydroxylation is 1. The Morgan fingerprint density at radius 3 is 2.30 bits per heavy atom. The lowest BCUT2D eigenvalue weighted by Gasteiger charge is -2.21. The first kappa shape index (κ1) is 30.7. The molecule has 0 atom stereocenters. The van der Waals surface area contributed by atoms with Crippen LogP contribution in [0.25, 0.3) is 10.9 Å². The highest BCUT2D eigenvalue weighted by atomic mass is 16.7. The average Bonchev–Trinajstić information content (AvgIpc) is 3.49. The molecule has 3 aromatic carbocycles. The molecule has 0 bridgehead atoms. The van der Waals surface area contributed by atoms with Gasteiger partial charge >= 0.3 is 11.9 Å². The van der Waals surface area contributed by atoms with Crippen molar-refractivity contribution in [3.8, 4) is 17.2 Å². The molecule has 0 amide bonds. The minimum absolute atomic E-state index is 0.0952. The van der Waals surface area contributed by atoms with Crippen LogP contribution in [-0.4, -0.2) is 43.1 Å². The van der Waals surface area contributed by atoms with Gasteiger partial charge in [0.25, 0.3) is 0 Å². The molecule has 0 radical (unpaired) electrons. The van der Waals surface area contributed by atoms with E-state index < -0.39 is 11.9 Å². The Bertz CT molecular complexity index is 1760. The second-order valence-corrected chi connectivity index (χ2v) is 10.4. The third-order valence-corrected chi connectivity index (χ3v) is 7.50. The highest BCUT2D eigenvalue weighted by molar-refractivity contribution is 5.94. The molecule has 0 spiro atoms. The van der Waals surface area contributed by atoms with Crippen molar-refractivity contribution in [3.63, 3.8) is 0 Å². The number of carbonyl (C=O) groups is 2. The fraction of sp³-hybridized carbons (Fsp3) is 0.343. The molecule has 9 heteroatoms. The number of rotatable bonds is 12. The summed E-state index contributed by atoms with van der Waals surface area (Å²) in [6.45, 7) is 8.84. The van der Waals surface area contributed by atoms with Crippen molar-refractivity contribution in [2.45, 2.75) is 53.5 Å². The predicted octanol–water partition coefficient (Wildman–Crippen LogP) is 6.07. The number of hydrogen-bond acceptors (Lipinski definition) is 8. The molecule has 5 rings (SSSR count). The summed E-state index contributed by atoms with van der Waals surface area (Å²) in [5, 5.41) is 0.419. The Kier molecular flexibility index (Phi) is 9.53. The Morgan fingerprint density at radius 1 is 0.864 bits per heavy atom. The third kappa shape index (κ3) is 6.27. The van der Waals surface area contributed by atoms with E-state index in [-0.39, 0.29) is 49.7 Å². The lowest BCUT2D eigenvalue weighted by Crippen LogP contribution is -2.26. The number of fused-ring (bicyclic) bond motifs is 2. The first-order valence-electron chi connectivity index (χ1n) is 15.0. The second kappa shape index (κ2) is 13.7. The van der Waals surface area contributed by atoms with Crippen LogP contribution in [0.4, 0.5) is 0 Å². The molecule has 2 heterocycles. The summed E-state index contributed by atoms with van der Waals surface area (Å²) >= 11 is 0. The first-order valence-corrected chi connectivity index (χ1v) is 15.0. The fourth-order valence-electron chi connectivity index (χ4n) is 5.46. The minimum atomic E-state index is -0.604. The average molecular weight is 600 g/mol. The number of ether oxygens (including phenoxy) is 5. The van der Waals surface area contributed by atoms with E-state index in [1.807, 2.05) is 41.8 Å². The van der Waals surface area contributed by atoms with Gasteiger partial charge in [0, 0.05) is 23.9 Å². The van der Waals surface area contributed by atoms with Crippen molar-refractivity contribution in [1.29, 1.82) is 0 Å². The highest BCUT2D eigenvalue weighted by Gasteiger charge is 2.26. The molecule has 0 saturated carbocycles. The van der Waals surface area contributed by atoms with E-state index in [4.69, 9.17) is 23.7 Å². The molecule has 0 fully saturated rings. The lowest BCUT2D eigenvalue weighted by molar-refractivity contribution is 0.0507. The molecule has 0 saturated heterocycles. The van der Waals surface area contributed by atoms with Crippen LogP contribution in [-0.2, 0) is 28.9 Å². The summed E-state index contributed by atoms with van der Waals surface area (Å²) in [4.78, 5) is 40.5. The zero-order chi connectivity index (χ0) is 31.2. The molecule has 1 aliphatic heterocycles. The molecule has 230 valence electrons. The first-order chi connectivity index (χ1) is 21.4. The van der Waals surface area contributed by atoms with E-state index in [0.29, 0.717) is 45.9 Å². The van der Waals surface area contributed by atoms with Crippen LogP contribution >= 0.6 is 0 Å². The quantitative estimate of drug-likeness (QED) is 0.181. The van der Waals surface area contributed by atoms with Gasteiger partial charge in [-0.25, -0.2) is 9.59 Å². The minimum Gasteiger partial charge on any atom is -0.494 e. The third-order valence-electron chi connectivity index (χ3n) is 7.50. The molecule has 44 heavy (non-hydrogen) atoms. The van der Waals surface area contributed by atoms with Gasteiger partial charge in [-0.1, -0.05) is 26.0 Å². The maximum atomic E-state index is 14.3. The number of aromatic nitrogens is 1. The van der Waals surface area contributed by atoms with E-state index in [2.05, 4.69) is 6.92 Å². The smallest absolute Gasteiger partial charge is 0.355 e. The van der Waals surface area contributed by atoms with Crippen molar-refractivity contribution in [3.05, 3.63) is 98.3 Å². The van der Waals surface area contributed by atoms with Crippen LogP contribution in [0.15, 0.2) is 59.4 Å². The van der Waals surface area contributed by atoms with Crippen molar-refractivity contribution in [2.75, 3.05) is 26.6 Å². The van der Waals surface area contributed by atoms with Gasteiger partial charge in [-0.2, -0.15) is 0 Å². The SMILES string of the molecule is CCCOc1ccc2c(c1)c(=O)c(Cc1cccc(C(=O)OCC)c1)c(C(=O)OCC)n2Cc1cc2c(cc1CC)OCO2. The van der Waals surface area contributed by atoms with Crippen LogP contribution in [0.1, 0.15) is 77.2 Å². The zero-order valence-corrected chi connectivity index (χ0v) is 25.6. The van der Waals surface area contributed by atoms with Crippen LogP contribution in [0.2, 0.25) is 0 Å². The lowest BCUT2D eigenvalue weighted by atomic mass is 9.97. The van der Waals surface area contributed by atoms with Crippen molar-refractivity contribution in [2.24, 2.45) is 0 Å². The van der Waals surface area contributed by atoms with Crippen molar-refractivity contribution >= 4 is 22.8 Å². The highest BCUT2D eigenvalue weighted by Crippen LogP contribution is 2.36. The number of carbonyl (C=O) groups excluding carboxylic acids is 2. The molecular weight excluding hydrogens is 562 g/mol. The van der Waals surface area contributed by atoms with Crippen LogP contribution < -0.4 is 19.6 Å². The number of benzene rings is 3. The maximum Gasteiger partial charge on any atom is 0.355 e. The summed E-state index contributed by atoms with van der Waals surface area (Å²) in [6.07, 6.45) is 1.63. The zero-order valence-electron chi connectivity index (χ0n) is 25.6. The molecule has 1 aromatic heterocycles. The Hall–Kier alpha value is -4.79. The largest absolute Gasteiger partial charge is 0.494 e. The molecule has 1 aliphatic rings. The van der Waals surface area contributed by atoms with Gasteiger partial charge in [-0.05, 0) is 85.8 Å². The van der Waals surface area contributed by atoms with E-state index >= 15 is 0 Å². The predicted molar refractivity (Wildman–Crippen MR) is 166 cm³/mol. The van der Waals surface area contributed by atoms with Gasteiger partial charge in [0.1, 0.15) is 11.4 Å². The van der Waals surface area contributed by atoms with Crippen LogP contribution in [0.3, 0.4) is 0 Å². The topological polar surface area (TPSA) is 102 Å². The second-order valence-electron chi connectivity index (χ2n) is 10.4. The molecule has 0 N–H and O–H groups in total. The molecular formula is C35H37NO8. The van der Waals surface area contributed by atoms with Gasteiger partial charge in [0.15, 0.2) is 16.9 Å². The molecule has 9 nitrogen and oxygen atoms in total. The van der Waals surface area contributed by atoms with Gasteiger partial charge in [-0.3, -0.25) is 4.79 Å². The summed E-state index contributed by atoms with van der Waals surface area (Å²) in [5.41, 5.74) is 3.70. The summed E-state index contributed by atoms with van der Waals surface area (Å²) < 4.78 is 29.7. The normalized spacial score (nSPS) is 11.9. The molecule has 0 aliphatic carbocycles. The molecule has 4 aromatic rings. The Balaban J connectivity index is 1.75. The van der Waals surface area contributed by atoms with E-state index in [9.17, 15) is 14.4 Å². The van der Waals surface area contributed by atoms with E-state index in [0.717, 1.165) is 24.0 Å². The summed E-state index contributed by atoms with van der Waals surface area (Å²) in [5.74, 6) is 0.823. The standard InChI is InChI=1S/C35H37NO8/c1-5-14-42-26-12-13-29-27(19-26)33(37)28(16-22-10-9-11-24(15-22)34(38)40-7-3)32(35(39)41-8-4)36(29)20-25-18-31-30(43-21-44-31)17-23(25)6-2/h9-13,15,17-19H,5-8,14,16,20-21H2,1-4H3. The number of hydrogen-bond donors (Lipinski definition) is 0. The molecule has 0 unspecified atom stereocenters. The number of pyridine rings is 1. The van der Waals surface area contributed by atoms with Crippen LogP contribution in [0.5, 0.6) is 17.2 Å². The van der Waals surface area contributed by atoms with E-state index in [1.165, 1.54) is 0 Å². The van der Waals surface area contributed by atoms with E-state index in [1.54, 1.807) is 38.1 Å². The van der Waals surface area contributed by atoms with Gasteiger partial charge in [-0.15, -0.1) is 0 Å².